The summed E-state index contributed by atoms with van der Waals surface area (Å²) in [4.78, 5) is 0. The van der Waals surface area contributed by atoms with Crippen molar-refractivity contribution in [2.24, 2.45) is 5.92 Å². The van der Waals surface area contributed by atoms with Gasteiger partial charge in [-0.1, -0.05) is 31.9 Å². The molecule has 0 aliphatic heterocycles. The monoisotopic (exact) mass is 266 g/mol. The standard InChI is InChI=1S/C14H26N4O/c1-12(2)15-9-14-10-18(17-16-14)7-8-19-11-13-5-3-4-6-13/h10,12-13,15H,3-9,11H2,1-2H3. The van der Waals surface area contributed by atoms with E-state index in [1.54, 1.807) is 0 Å². The Bertz CT molecular complexity index is 358. The third kappa shape index (κ3) is 5.28. The average molecular weight is 266 g/mol. The minimum Gasteiger partial charge on any atom is -0.379 e. The minimum atomic E-state index is 0.472. The first kappa shape index (κ1) is 14.5. The number of nitrogens with one attached hydrogen (secondary N) is 1. The van der Waals surface area contributed by atoms with Gasteiger partial charge in [0.2, 0.25) is 0 Å². The highest BCUT2D eigenvalue weighted by molar-refractivity contribution is 4.91. The van der Waals surface area contributed by atoms with Gasteiger partial charge in [0.25, 0.3) is 0 Å². The van der Waals surface area contributed by atoms with Crippen molar-refractivity contribution in [2.75, 3.05) is 13.2 Å². The highest BCUT2D eigenvalue weighted by Gasteiger charge is 2.14. The Morgan fingerprint density at radius 3 is 2.95 bits per heavy atom. The van der Waals surface area contributed by atoms with E-state index in [0.717, 1.165) is 37.9 Å². The Labute approximate surface area is 115 Å². The van der Waals surface area contributed by atoms with Crippen molar-refractivity contribution in [1.29, 1.82) is 0 Å². The van der Waals surface area contributed by atoms with E-state index in [-0.39, 0.29) is 0 Å². The highest BCUT2D eigenvalue weighted by atomic mass is 16.5. The zero-order valence-corrected chi connectivity index (χ0v) is 12.1. The number of hydrogen-bond acceptors (Lipinski definition) is 4. The highest BCUT2D eigenvalue weighted by Crippen LogP contribution is 2.24. The molecule has 5 heteroatoms. The van der Waals surface area contributed by atoms with Crippen molar-refractivity contribution in [3.8, 4) is 0 Å². The molecule has 1 aliphatic rings. The van der Waals surface area contributed by atoms with E-state index >= 15 is 0 Å². The summed E-state index contributed by atoms with van der Waals surface area (Å²) in [5, 5.41) is 11.6. The fourth-order valence-electron chi connectivity index (χ4n) is 2.42. The van der Waals surface area contributed by atoms with E-state index in [1.807, 2.05) is 10.9 Å². The Morgan fingerprint density at radius 1 is 1.42 bits per heavy atom. The molecule has 1 fully saturated rings. The first-order valence-corrected chi connectivity index (χ1v) is 7.44. The van der Waals surface area contributed by atoms with Crippen molar-refractivity contribution in [3.63, 3.8) is 0 Å². The predicted octanol–water partition coefficient (Wildman–Crippen LogP) is 1.98. The summed E-state index contributed by atoms with van der Waals surface area (Å²) >= 11 is 0. The van der Waals surface area contributed by atoms with Gasteiger partial charge in [0.05, 0.1) is 18.8 Å². The molecular weight excluding hydrogens is 240 g/mol. The van der Waals surface area contributed by atoms with Crippen LogP contribution in [0.2, 0.25) is 0 Å². The summed E-state index contributed by atoms with van der Waals surface area (Å²) in [6.45, 7) is 7.47. The molecule has 1 aromatic rings. The maximum Gasteiger partial charge on any atom is 0.0964 e. The van der Waals surface area contributed by atoms with Gasteiger partial charge in [-0.3, -0.25) is 0 Å². The maximum absolute atomic E-state index is 5.72. The molecule has 0 spiro atoms. The molecule has 1 N–H and O–H groups in total. The molecular formula is C14H26N4O. The van der Waals surface area contributed by atoms with Crippen LogP contribution in [-0.2, 0) is 17.8 Å². The molecule has 0 radical (unpaired) electrons. The molecule has 1 saturated carbocycles. The van der Waals surface area contributed by atoms with Gasteiger partial charge in [-0.2, -0.15) is 0 Å². The lowest BCUT2D eigenvalue weighted by Gasteiger charge is -2.09. The van der Waals surface area contributed by atoms with Crippen LogP contribution < -0.4 is 5.32 Å². The van der Waals surface area contributed by atoms with Crippen LogP contribution >= 0.6 is 0 Å². The van der Waals surface area contributed by atoms with Crippen molar-refractivity contribution >= 4 is 0 Å². The summed E-state index contributed by atoms with van der Waals surface area (Å²) < 4.78 is 7.59. The quantitative estimate of drug-likeness (QED) is 0.731. The van der Waals surface area contributed by atoms with E-state index in [0.29, 0.717) is 6.04 Å². The maximum atomic E-state index is 5.72. The summed E-state index contributed by atoms with van der Waals surface area (Å²) in [5.74, 6) is 0.793. The van der Waals surface area contributed by atoms with E-state index < -0.39 is 0 Å². The third-order valence-electron chi connectivity index (χ3n) is 3.57. The van der Waals surface area contributed by atoms with Crippen LogP contribution in [0.25, 0.3) is 0 Å². The van der Waals surface area contributed by atoms with E-state index in [1.165, 1.54) is 25.7 Å². The Kier molecular flexibility index (Phi) is 5.79. The predicted molar refractivity (Wildman–Crippen MR) is 74.8 cm³/mol. The number of hydrogen-bond donors (Lipinski definition) is 1. The van der Waals surface area contributed by atoms with Crippen LogP contribution in [0.5, 0.6) is 0 Å². The summed E-state index contributed by atoms with van der Waals surface area (Å²) in [5.41, 5.74) is 0.990. The molecule has 108 valence electrons. The van der Waals surface area contributed by atoms with Crippen LogP contribution in [-0.4, -0.2) is 34.2 Å². The molecule has 1 aliphatic carbocycles. The Hall–Kier alpha value is -0.940. The van der Waals surface area contributed by atoms with Gasteiger partial charge in [0, 0.05) is 25.4 Å². The van der Waals surface area contributed by atoms with Gasteiger partial charge in [-0.25, -0.2) is 4.68 Å². The molecule has 0 bridgehead atoms. The zero-order valence-electron chi connectivity index (χ0n) is 12.1. The molecule has 0 aromatic carbocycles. The SMILES string of the molecule is CC(C)NCc1cn(CCOCC2CCCC2)nn1. The molecule has 5 nitrogen and oxygen atoms in total. The van der Waals surface area contributed by atoms with Crippen molar-refractivity contribution in [2.45, 2.75) is 58.7 Å². The summed E-state index contributed by atoms with van der Waals surface area (Å²) in [7, 11) is 0. The van der Waals surface area contributed by atoms with E-state index in [2.05, 4.69) is 29.5 Å². The fraction of sp³-hybridized carbons (Fsp3) is 0.857. The average Bonchev–Trinajstić information content (AvgIpc) is 3.04. The topological polar surface area (TPSA) is 52.0 Å². The lowest BCUT2D eigenvalue weighted by atomic mass is 10.1. The molecule has 0 amide bonds. The van der Waals surface area contributed by atoms with Gasteiger partial charge >= 0.3 is 0 Å². The van der Waals surface area contributed by atoms with Gasteiger partial charge in [-0.05, 0) is 18.8 Å². The molecule has 2 rings (SSSR count). The Morgan fingerprint density at radius 2 is 2.21 bits per heavy atom. The number of nitrogens with zero attached hydrogens (tertiary/aromatic N) is 3. The molecule has 19 heavy (non-hydrogen) atoms. The molecule has 1 aromatic heterocycles. The van der Waals surface area contributed by atoms with Gasteiger partial charge < -0.3 is 10.1 Å². The second-order valence-electron chi connectivity index (χ2n) is 5.73. The first-order valence-electron chi connectivity index (χ1n) is 7.44. The zero-order chi connectivity index (χ0) is 13.5. The molecule has 1 heterocycles. The summed E-state index contributed by atoms with van der Waals surface area (Å²) in [6, 6.07) is 0.472. The number of rotatable bonds is 8. The van der Waals surface area contributed by atoms with Gasteiger partial charge in [0.15, 0.2) is 0 Å². The molecule has 0 unspecified atom stereocenters. The third-order valence-corrected chi connectivity index (χ3v) is 3.57. The summed E-state index contributed by atoms with van der Waals surface area (Å²) in [6.07, 6.45) is 7.43. The van der Waals surface area contributed by atoms with Crippen LogP contribution in [0.1, 0.15) is 45.2 Å². The number of aromatic nitrogens is 3. The van der Waals surface area contributed by atoms with Crippen LogP contribution in [0.15, 0.2) is 6.20 Å². The van der Waals surface area contributed by atoms with Crippen molar-refractivity contribution in [1.82, 2.24) is 20.3 Å². The van der Waals surface area contributed by atoms with Crippen LogP contribution in [0, 0.1) is 5.92 Å². The molecule has 0 saturated heterocycles. The molecule has 0 atom stereocenters. The fourth-order valence-corrected chi connectivity index (χ4v) is 2.42. The minimum absolute atomic E-state index is 0.472. The van der Waals surface area contributed by atoms with E-state index in [4.69, 9.17) is 4.74 Å². The Balaban J connectivity index is 1.60. The lowest BCUT2D eigenvalue weighted by molar-refractivity contribution is 0.0926. The first-order chi connectivity index (χ1) is 9.24. The van der Waals surface area contributed by atoms with Gasteiger partial charge in [-0.15, -0.1) is 5.10 Å². The van der Waals surface area contributed by atoms with E-state index in [9.17, 15) is 0 Å². The van der Waals surface area contributed by atoms with Crippen molar-refractivity contribution in [3.05, 3.63) is 11.9 Å². The van der Waals surface area contributed by atoms with Gasteiger partial charge in [0.1, 0.15) is 0 Å². The second kappa shape index (κ2) is 7.60. The van der Waals surface area contributed by atoms with Crippen molar-refractivity contribution < 1.29 is 4.74 Å². The normalized spacial score (nSPS) is 16.6. The van der Waals surface area contributed by atoms with Crippen LogP contribution in [0.3, 0.4) is 0 Å². The van der Waals surface area contributed by atoms with Crippen LogP contribution in [0.4, 0.5) is 0 Å². The largest absolute Gasteiger partial charge is 0.379 e. The lowest BCUT2D eigenvalue weighted by Crippen LogP contribution is -2.21. The second-order valence-corrected chi connectivity index (χ2v) is 5.73. The smallest absolute Gasteiger partial charge is 0.0964 e. The number of ether oxygens (including phenoxy) is 1.